The number of hydrogen-bond acceptors (Lipinski definition) is 1. The predicted molar refractivity (Wildman–Crippen MR) is 82.4 cm³/mol. The van der Waals surface area contributed by atoms with Crippen LogP contribution in [-0.2, 0) is 7.05 Å². The van der Waals surface area contributed by atoms with E-state index in [0.717, 1.165) is 48.1 Å². The lowest BCUT2D eigenvalue weighted by molar-refractivity contribution is 0.0714. The molecule has 1 fully saturated rings. The number of halogens is 1. The van der Waals surface area contributed by atoms with E-state index in [9.17, 15) is 4.79 Å². The zero-order valence-corrected chi connectivity index (χ0v) is 12.7. The van der Waals surface area contributed by atoms with Crippen molar-refractivity contribution >= 4 is 28.4 Å². The Morgan fingerprint density at radius 1 is 1.20 bits per heavy atom. The fourth-order valence-corrected chi connectivity index (χ4v) is 3.32. The molecule has 0 radical (unpaired) electrons. The first-order valence-electron chi connectivity index (χ1n) is 7.13. The van der Waals surface area contributed by atoms with E-state index in [1.165, 1.54) is 6.42 Å². The minimum atomic E-state index is 0.150. The SMILES string of the molecule is Cc1c(C(=O)N2CCCCC2)n(C)c2ccc(Cl)cc12. The molecule has 1 aliphatic heterocycles. The van der Waals surface area contributed by atoms with Crippen LogP contribution < -0.4 is 0 Å². The second-order valence-corrected chi connectivity index (χ2v) is 5.98. The van der Waals surface area contributed by atoms with Gasteiger partial charge in [-0.05, 0) is 49.9 Å². The molecule has 0 atom stereocenters. The molecule has 1 aliphatic rings. The zero-order valence-electron chi connectivity index (χ0n) is 11.9. The molecule has 2 aromatic rings. The molecule has 0 spiro atoms. The molecule has 0 bridgehead atoms. The van der Waals surface area contributed by atoms with Crippen LogP contribution in [0.4, 0.5) is 0 Å². The number of fused-ring (bicyclic) bond motifs is 1. The Morgan fingerprint density at radius 2 is 1.90 bits per heavy atom. The van der Waals surface area contributed by atoms with E-state index in [1.807, 2.05) is 41.6 Å². The number of nitrogens with zero attached hydrogens (tertiary/aromatic N) is 2. The quantitative estimate of drug-likeness (QED) is 0.785. The molecule has 1 amide bonds. The highest BCUT2D eigenvalue weighted by molar-refractivity contribution is 6.31. The number of hydrogen-bond donors (Lipinski definition) is 0. The second kappa shape index (κ2) is 5.13. The summed E-state index contributed by atoms with van der Waals surface area (Å²) in [5.41, 5.74) is 2.89. The highest BCUT2D eigenvalue weighted by atomic mass is 35.5. The lowest BCUT2D eigenvalue weighted by Gasteiger charge is -2.27. The van der Waals surface area contributed by atoms with Gasteiger partial charge in [0, 0.05) is 36.1 Å². The molecule has 2 heterocycles. The third-order valence-electron chi connectivity index (χ3n) is 4.26. The molecule has 0 unspecified atom stereocenters. The lowest BCUT2D eigenvalue weighted by atomic mass is 10.1. The Morgan fingerprint density at radius 3 is 2.60 bits per heavy atom. The molecule has 20 heavy (non-hydrogen) atoms. The van der Waals surface area contributed by atoms with Gasteiger partial charge in [-0.1, -0.05) is 11.6 Å². The van der Waals surface area contributed by atoms with Crippen molar-refractivity contribution in [1.29, 1.82) is 0 Å². The monoisotopic (exact) mass is 290 g/mol. The van der Waals surface area contributed by atoms with Gasteiger partial charge in [0.1, 0.15) is 5.69 Å². The number of carbonyl (C=O) groups excluding carboxylic acids is 1. The summed E-state index contributed by atoms with van der Waals surface area (Å²) in [5.74, 6) is 0.150. The summed E-state index contributed by atoms with van der Waals surface area (Å²) in [4.78, 5) is 14.7. The van der Waals surface area contributed by atoms with Crippen molar-refractivity contribution in [3.05, 3.63) is 34.5 Å². The van der Waals surface area contributed by atoms with Crippen molar-refractivity contribution in [2.75, 3.05) is 13.1 Å². The maximum absolute atomic E-state index is 12.8. The van der Waals surface area contributed by atoms with Gasteiger partial charge in [-0.2, -0.15) is 0 Å². The van der Waals surface area contributed by atoms with E-state index in [4.69, 9.17) is 11.6 Å². The molecule has 0 aliphatic carbocycles. The fourth-order valence-electron chi connectivity index (χ4n) is 3.15. The van der Waals surface area contributed by atoms with Gasteiger partial charge in [0.15, 0.2) is 0 Å². The van der Waals surface area contributed by atoms with Gasteiger partial charge in [-0.25, -0.2) is 0 Å². The predicted octanol–water partition coefficient (Wildman–Crippen LogP) is 3.77. The van der Waals surface area contributed by atoms with Crippen molar-refractivity contribution < 1.29 is 4.79 Å². The number of rotatable bonds is 1. The first-order valence-corrected chi connectivity index (χ1v) is 7.51. The van der Waals surface area contributed by atoms with Crippen LogP contribution in [0.5, 0.6) is 0 Å². The molecule has 1 saturated heterocycles. The first kappa shape index (κ1) is 13.5. The number of likely N-dealkylation sites (tertiary alicyclic amines) is 1. The largest absolute Gasteiger partial charge is 0.339 e. The summed E-state index contributed by atoms with van der Waals surface area (Å²) in [6, 6.07) is 5.80. The van der Waals surface area contributed by atoms with E-state index in [1.54, 1.807) is 0 Å². The van der Waals surface area contributed by atoms with Crippen LogP contribution in [0.2, 0.25) is 5.02 Å². The average molecular weight is 291 g/mol. The average Bonchev–Trinajstić information content (AvgIpc) is 2.71. The minimum absolute atomic E-state index is 0.150. The van der Waals surface area contributed by atoms with Gasteiger partial charge >= 0.3 is 0 Å². The maximum Gasteiger partial charge on any atom is 0.270 e. The number of benzene rings is 1. The third kappa shape index (κ3) is 2.10. The van der Waals surface area contributed by atoms with Gasteiger partial charge in [-0.3, -0.25) is 4.79 Å². The lowest BCUT2D eigenvalue weighted by Crippen LogP contribution is -2.36. The van der Waals surface area contributed by atoms with Gasteiger partial charge in [-0.15, -0.1) is 0 Å². The standard InChI is InChI=1S/C16H19ClN2O/c1-11-13-10-12(17)6-7-14(13)18(2)15(11)16(20)19-8-4-3-5-9-19/h6-7,10H,3-5,8-9H2,1-2H3. The van der Waals surface area contributed by atoms with Crippen LogP contribution in [0.1, 0.15) is 35.3 Å². The van der Waals surface area contributed by atoms with E-state index in [0.29, 0.717) is 5.02 Å². The highest BCUT2D eigenvalue weighted by Gasteiger charge is 2.24. The molecule has 4 heteroatoms. The number of piperidine rings is 1. The number of carbonyl (C=O) groups is 1. The fraction of sp³-hybridized carbons (Fsp3) is 0.438. The molecular formula is C16H19ClN2O. The van der Waals surface area contributed by atoms with Crippen LogP contribution >= 0.6 is 11.6 Å². The Bertz CT molecular complexity index is 669. The van der Waals surface area contributed by atoms with Crippen LogP contribution in [0.25, 0.3) is 10.9 Å². The zero-order chi connectivity index (χ0) is 14.3. The normalized spacial score (nSPS) is 15.8. The Labute approximate surface area is 124 Å². The number of amides is 1. The van der Waals surface area contributed by atoms with Crippen LogP contribution in [0.3, 0.4) is 0 Å². The Balaban J connectivity index is 2.08. The summed E-state index contributed by atoms with van der Waals surface area (Å²) < 4.78 is 2.00. The van der Waals surface area contributed by atoms with Crippen molar-refractivity contribution in [3.8, 4) is 0 Å². The van der Waals surface area contributed by atoms with Crippen molar-refractivity contribution in [2.45, 2.75) is 26.2 Å². The van der Waals surface area contributed by atoms with Crippen LogP contribution in [0.15, 0.2) is 18.2 Å². The van der Waals surface area contributed by atoms with Crippen LogP contribution in [-0.4, -0.2) is 28.5 Å². The molecule has 0 N–H and O–H groups in total. The van der Waals surface area contributed by atoms with Gasteiger partial charge in [0.05, 0.1) is 0 Å². The van der Waals surface area contributed by atoms with Gasteiger partial charge in [0.2, 0.25) is 0 Å². The van der Waals surface area contributed by atoms with Crippen molar-refractivity contribution in [1.82, 2.24) is 9.47 Å². The molecule has 3 rings (SSSR count). The highest BCUT2D eigenvalue weighted by Crippen LogP contribution is 2.28. The molecule has 0 saturated carbocycles. The molecule has 1 aromatic carbocycles. The summed E-state index contributed by atoms with van der Waals surface area (Å²) >= 11 is 6.08. The summed E-state index contributed by atoms with van der Waals surface area (Å²) in [6.07, 6.45) is 3.45. The van der Waals surface area contributed by atoms with Crippen molar-refractivity contribution in [3.63, 3.8) is 0 Å². The van der Waals surface area contributed by atoms with Crippen LogP contribution in [0, 0.1) is 6.92 Å². The molecular weight excluding hydrogens is 272 g/mol. The van der Waals surface area contributed by atoms with Gasteiger partial charge in [0.25, 0.3) is 5.91 Å². The van der Waals surface area contributed by atoms with E-state index >= 15 is 0 Å². The Kier molecular flexibility index (Phi) is 3.47. The molecule has 3 nitrogen and oxygen atoms in total. The van der Waals surface area contributed by atoms with E-state index in [-0.39, 0.29) is 5.91 Å². The van der Waals surface area contributed by atoms with E-state index < -0.39 is 0 Å². The number of aryl methyl sites for hydroxylation is 2. The minimum Gasteiger partial charge on any atom is -0.339 e. The third-order valence-corrected chi connectivity index (χ3v) is 4.50. The topological polar surface area (TPSA) is 25.2 Å². The summed E-state index contributed by atoms with van der Waals surface area (Å²) in [7, 11) is 1.96. The van der Waals surface area contributed by atoms with Gasteiger partial charge < -0.3 is 9.47 Å². The van der Waals surface area contributed by atoms with Crippen molar-refractivity contribution in [2.24, 2.45) is 7.05 Å². The molecule has 1 aromatic heterocycles. The molecule has 106 valence electrons. The van der Waals surface area contributed by atoms with E-state index in [2.05, 4.69) is 0 Å². The second-order valence-electron chi connectivity index (χ2n) is 5.55. The summed E-state index contributed by atoms with van der Waals surface area (Å²) in [5, 5.41) is 1.78. The first-order chi connectivity index (χ1) is 9.59. The summed E-state index contributed by atoms with van der Waals surface area (Å²) in [6.45, 7) is 3.76. The maximum atomic E-state index is 12.8. The Hall–Kier alpha value is -1.48. The number of aromatic nitrogens is 1. The smallest absolute Gasteiger partial charge is 0.270 e.